The molecule has 0 heterocycles. The van der Waals surface area contributed by atoms with Crippen LogP contribution >= 0.6 is 0 Å². The Hall–Kier alpha value is -0.630. The lowest BCUT2D eigenvalue weighted by molar-refractivity contribution is -0.128. The van der Waals surface area contributed by atoms with Crippen molar-refractivity contribution in [2.24, 2.45) is 17.3 Å². The largest absolute Gasteiger partial charge is 0.396 e. The molecule has 1 aliphatic carbocycles. The van der Waals surface area contributed by atoms with E-state index in [-0.39, 0.29) is 17.8 Å². The third-order valence-electron chi connectivity index (χ3n) is 3.83. The highest BCUT2D eigenvalue weighted by atomic mass is 16.2. The molecule has 1 N–H and O–H groups in total. The van der Waals surface area contributed by atoms with Gasteiger partial charge in [0.05, 0.1) is 0 Å². The van der Waals surface area contributed by atoms with Crippen LogP contribution in [0.3, 0.4) is 0 Å². The molecule has 2 nitrogen and oxygen atoms in total. The summed E-state index contributed by atoms with van der Waals surface area (Å²) in [5.41, 5.74) is 0.684. The van der Waals surface area contributed by atoms with Crippen LogP contribution in [0.5, 0.6) is 0 Å². The van der Waals surface area contributed by atoms with E-state index in [1.54, 1.807) is 0 Å². The third-order valence-corrected chi connectivity index (χ3v) is 3.83. The second-order valence-corrected chi connectivity index (χ2v) is 5.69. The average Bonchev–Trinajstić information content (AvgIpc) is 2.19. The minimum Gasteiger partial charge on any atom is -0.396 e. The number of hydrogen-bond acceptors (Lipinski definition) is 2. The molecule has 1 rings (SSSR count). The van der Waals surface area contributed by atoms with Gasteiger partial charge in [0.2, 0.25) is 0 Å². The number of Topliss-reactive ketones (excluding diaryl/α,β-unsaturated/α-hetero) is 1. The van der Waals surface area contributed by atoms with Gasteiger partial charge in [0, 0.05) is 12.0 Å². The fourth-order valence-corrected chi connectivity index (χ4v) is 2.83. The topological polar surface area (TPSA) is 37.3 Å². The summed E-state index contributed by atoms with van der Waals surface area (Å²) >= 11 is 0. The van der Waals surface area contributed by atoms with Crippen LogP contribution in [-0.2, 0) is 4.79 Å². The minimum atomic E-state index is -0.242. The molecule has 0 aromatic carbocycles. The second kappa shape index (κ2) is 5.13. The van der Waals surface area contributed by atoms with E-state index < -0.39 is 0 Å². The van der Waals surface area contributed by atoms with Gasteiger partial charge in [0.15, 0.2) is 5.78 Å². The molecule has 92 valence electrons. The Balaban J connectivity index is 2.84. The van der Waals surface area contributed by atoms with Gasteiger partial charge in [-0.25, -0.2) is 0 Å². The molecule has 2 heteroatoms. The molecule has 1 aliphatic rings. The van der Waals surface area contributed by atoms with E-state index >= 15 is 0 Å². The number of aliphatic hydroxyl groups is 1. The molecule has 0 aromatic rings. The molecule has 0 radical (unpaired) electrons. The summed E-state index contributed by atoms with van der Waals surface area (Å²) in [6.07, 6.45) is 4.51. The standard InChI is InChI=1S/C14H24O2/c1-10(2)12-8-7-11(6-5-9-15)13(16)14(12,3)4/h7,10,12,15H,5-6,8-9H2,1-4H3/t12-/m0/s1. The van der Waals surface area contributed by atoms with Crippen LogP contribution in [0.25, 0.3) is 0 Å². The molecule has 16 heavy (non-hydrogen) atoms. The lowest BCUT2D eigenvalue weighted by atomic mass is 9.64. The summed E-state index contributed by atoms with van der Waals surface area (Å²) in [5, 5.41) is 8.81. The Morgan fingerprint density at radius 3 is 2.62 bits per heavy atom. The predicted octanol–water partition coefficient (Wildman–Crippen LogP) is 2.96. The van der Waals surface area contributed by atoms with Gasteiger partial charge >= 0.3 is 0 Å². The van der Waals surface area contributed by atoms with Gasteiger partial charge in [-0.2, -0.15) is 0 Å². The van der Waals surface area contributed by atoms with Crippen LogP contribution in [-0.4, -0.2) is 17.5 Å². The molecule has 0 saturated carbocycles. The summed E-state index contributed by atoms with van der Waals surface area (Å²) < 4.78 is 0. The number of hydrogen-bond donors (Lipinski definition) is 1. The lowest BCUT2D eigenvalue weighted by Crippen LogP contribution is -2.39. The zero-order valence-corrected chi connectivity index (χ0v) is 10.9. The molecule has 1 atom stereocenters. The summed E-state index contributed by atoms with van der Waals surface area (Å²) in [6.45, 7) is 8.66. The summed E-state index contributed by atoms with van der Waals surface area (Å²) in [6, 6.07) is 0. The van der Waals surface area contributed by atoms with Crippen molar-refractivity contribution in [3.63, 3.8) is 0 Å². The van der Waals surface area contributed by atoms with Crippen molar-refractivity contribution in [1.29, 1.82) is 0 Å². The first-order valence-electron chi connectivity index (χ1n) is 6.26. The molecule has 0 spiro atoms. The van der Waals surface area contributed by atoms with Crippen molar-refractivity contribution in [1.82, 2.24) is 0 Å². The first kappa shape index (κ1) is 13.4. The van der Waals surface area contributed by atoms with Gasteiger partial charge < -0.3 is 5.11 Å². The molecular formula is C14H24O2. The van der Waals surface area contributed by atoms with E-state index in [1.165, 1.54) is 0 Å². The Morgan fingerprint density at radius 2 is 2.12 bits per heavy atom. The third kappa shape index (κ3) is 2.54. The molecule has 0 saturated heterocycles. The molecule has 0 fully saturated rings. The van der Waals surface area contributed by atoms with E-state index in [0.29, 0.717) is 18.3 Å². The number of ketones is 1. The monoisotopic (exact) mass is 224 g/mol. The van der Waals surface area contributed by atoms with Crippen molar-refractivity contribution >= 4 is 5.78 Å². The highest BCUT2D eigenvalue weighted by molar-refractivity contribution is 6.00. The molecule has 0 aromatic heterocycles. The average molecular weight is 224 g/mol. The van der Waals surface area contributed by atoms with Crippen LogP contribution in [0.4, 0.5) is 0 Å². The highest BCUT2D eigenvalue weighted by Gasteiger charge is 2.41. The molecule has 0 amide bonds. The Morgan fingerprint density at radius 1 is 1.50 bits per heavy atom. The molecule has 0 bridgehead atoms. The van der Waals surface area contributed by atoms with E-state index in [2.05, 4.69) is 33.8 Å². The number of carbonyl (C=O) groups excluding carboxylic acids is 1. The van der Waals surface area contributed by atoms with Crippen LogP contribution in [0.2, 0.25) is 0 Å². The number of carbonyl (C=O) groups is 1. The van der Waals surface area contributed by atoms with Gasteiger partial charge in [-0.15, -0.1) is 0 Å². The van der Waals surface area contributed by atoms with Gasteiger partial charge in [0.25, 0.3) is 0 Å². The van der Waals surface area contributed by atoms with E-state index in [9.17, 15) is 4.79 Å². The van der Waals surface area contributed by atoms with Gasteiger partial charge in [0.1, 0.15) is 0 Å². The maximum Gasteiger partial charge on any atom is 0.164 e. The van der Waals surface area contributed by atoms with Crippen LogP contribution in [0.15, 0.2) is 11.6 Å². The van der Waals surface area contributed by atoms with Crippen molar-refractivity contribution in [3.8, 4) is 0 Å². The van der Waals surface area contributed by atoms with Gasteiger partial charge in [-0.05, 0) is 36.7 Å². The summed E-state index contributed by atoms with van der Waals surface area (Å²) in [7, 11) is 0. The molecule has 0 unspecified atom stereocenters. The highest BCUT2D eigenvalue weighted by Crippen LogP contribution is 2.42. The van der Waals surface area contributed by atoms with Crippen LogP contribution in [0.1, 0.15) is 47.0 Å². The zero-order valence-electron chi connectivity index (χ0n) is 10.9. The first-order chi connectivity index (χ1) is 7.41. The van der Waals surface area contributed by atoms with Crippen molar-refractivity contribution < 1.29 is 9.90 Å². The quantitative estimate of drug-likeness (QED) is 0.797. The second-order valence-electron chi connectivity index (χ2n) is 5.69. The molecule has 0 aliphatic heterocycles. The van der Waals surface area contributed by atoms with E-state index in [1.807, 2.05) is 0 Å². The first-order valence-corrected chi connectivity index (χ1v) is 6.26. The smallest absolute Gasteiger partial charge is 0.164 e. The van der Waals surface area contributed by atoms with Gasteiger partial charge in [-0.3, -0.25) is 4.79 Å². The number of allylic oxidation sites excluding steroid dienone is 2. The van der Waals surface area contributed by atoms with E-state index in [4.69, 9.17) is 5.11 Å². The zero-order chi connectivity index (χ0) is 12.3. The van der Waals surface area contributed by atoms with E-state index in [0.717, 1.165) is 18.4 Å². The van der Waals surface area contributed by atoms with Crippen molar-refractivity contribution in [3.05, 3.63) is 11.6 Å². The maximum absolute atomic E-state index is 12.3. The fourth-order valence-electron chi connectivity index (χ4n) is 2.83. The fraction of sp³-hybridized carbons (Fsp3) is 0.786. The Kier molecular flexibility index (Phi) is 4.31. The van der Waals surface area contributed by atoms with Crippen molar-refractivity contribution in [2.75, 3.05) is 6.61 Å². The number of aliphatic hydroxyl groups excluding tert-OH is 1. The maximum atomic E-state index is 12.3. The predicted molar refractivity (Wildman–Crippen MR) is 66.1 cm³/mol. The SMILES string of the molecule is CC(C)[C@@H]1CC=C(CCCO)C(=O)C1(C)C. The lowest BCUT2D eigenvalue weighted by Gasteiger charge is -2.39. The van der Waals surface area contributed by atoms with Gasteiger partial charge in [-0.1, -0.05) is 33.8 Å². The Bertz CT molecular complexity index is 287. The normalized spacial score (nSPS) is 24.8. The van der Waals surface area contributed by atoms with Crippen LogP contribution < -0.4 is 0 Å². The summed E-state index contributed by atoms with van der Waals surface area (Å²) in [4.78, 5) is 12.3. The molecular weight excluding hydrogens is 200 g/mol. The summed E-state index contributed by atoms with van der Waals surface area (Å²) in [5.74, 6) is 1.26. The number of rotatable bonds is 4. The minimum absolute atomic E-state index is 0.165. The van der Waals surface area contributed by atoms with Crippen molar-refractivity contribution in [2.45, 2.75) is 47.0 Å². The Labute approximate surface area is 98.7 Å². The van der Waals surface area contributed by atoms with Crippen LogP contribution in [0, 0.1) is 17.3 Å².